The highest BCUT2D eigenvalue weighted by Crippen LogP contribution is 2.26. The summed E-state index contributed by atoms with van der Waals surface area (Å²) in [4.78, 5) is 17.9. The summed E-state index contributed by atoms with van der Waals surface area (Å²) in [5.41, 5.74) is 0. The van der Waals surface area contributed by atoms with Gasteiger partial charge in [-0.15, -0.1) is 0 Å². The number of rotatable bonds is 6. The minimum absolute atomic E-state index is 0.0138. The van der Waals surface area contributed by atoms with Crippen LogP contribution in [0.15, 0.2) is 48.7 Å². The van der Waals surface area contributed by atoms with Crippen LogP contribution in [-0.2, 0) is 4.79 Å². The molecule has 23 heavy (non-hydrogen) atoms. The number of carbonyl (C=O) groups is 1. The number of carbonyl (C=O) groups excluding carboxylic acids is 1. The number of methoxy groups -OCH3 is 1. The number of benzene rings is 1. The van der Waals surface area contributed by atoms with Crippen LogP contribution in [0.25, 0.3) is 0 Å². The molecule has 0 bridgehead atoms. The zero-order valence-corrected chi connectivity index (χ0v) is 12.8. The van der Waals surface area contributed by atoms with Gasteiger partial charge in [0.15, 0.2) is 18.1 Å². The molecule has 2 heterocycles. The zero-order chi connectivity index (χ0) is 16.1. The number of pyridine rings is 1. The first-order chi connectivity index (χ1) is 11.3. The summed E-state index contributed by atoms with van der Waals surface area (Å²) >= 11 is 0. The summed E-state index contributed by atoms with van der Waals surface area (Å²) in [5.74, 6) is 1.68. The summed E-state index contributed by atoms with van der Waals surface area (Å²) in [7, 11) is 1.57. The Bertz CT molecular complexity index is 657. The molecule has 3 rings (SSSR count). The molecule has 0 unspecified atom stereocenters. The molecule has 0 saturated carbocycles. The SMILES string of the molecule is COc1ccccc1OCC(=O)N1CC(Oc2ccccn2)C1. The third-order valence-corrected chi connectivity index (χ3v) is 3.55. The van der Waals surface area contributed by atoms with Crippen molar-refractivity contribution in [2.75, 3.05) is 26.8 Å². The van der Waals surface area contributed by atoms with Gasteiger partial charge in [-0.1, -0.05) is 18.2 Å². The van der Waals surface area contributed by atoms with Crippen molar-refractivity contribution in [2.45, 2.75) is 6.10 Å². The smallest absolute Gasteiger partial charge is 0.260 e. The van der Waals surface area contributed by atoms with E-state index >= 15 is 0 Å². The van der Waals surface area contributed by atoms with E-state index in [1.165, 1.54) is 0 Å². The second kappa shape index (κ2) is 7.00. The lowest BCUT2D eigenvalue weighted by molar-refractivity contribution is -0.142. The summed E-state index contributed by atoms with van der Waals surface area (Å²) in [6.07, 6.45) is 1.66. The average molecular weight is 314 g/mol. The van der Waals surface area contributed by atoms with Gasteiger partial charge in [-0.2, -0.15) is 0 Å². The lowest BCUT2D eigenvalue weighted by Crippen LogP contribution is -2.57. The topological polar surface area (TPSA) is 60.9 Å². The first-order valence-electron chi connectivity index (χ1n) is 7.37. The predicted octanol–water partition coefficient (Wildman–Crippen LogP) is 1.76. The van der Waals surface area contributed by atoms with E-state index in [0.29, 0.717) is 30.5 Å². The fraction of sp³-hybridized carbons (Fsp3) is 0.294. The van der Waals surface area contributed by atoms with Crippen LogP contribution in [0.5, 0.6) is 17.4 Å². The molecule has 1 aliphatic heterocycles. The maximum Gasteiger partial charge on any atom is 0.260 e. The summed E-state index contributed by atoms with van der Waals surface area (Å²) in [6, 6.07) is 12.7. The molecular formula is C17H18N2O4. The van der Waals surface area contributed by atoms with Gasteiger partial charge in [-0.25, -0.2) is 4.98 Å². The van der Waals surface area contributed by atoms with Crippen LogP contribution in [0.1, 0.15) is 0 Å². The minimum atomic E-state index is -0.0724. The van der Waals surface area contributed by atoms with E-state index in [0.717, 1.165) is 0 Å². The summed E-state index contributed by atoms with van der Waals surface area (Å²) in [5, 5.41) is 0. The van der Waals surface area contributed by atoms with Crippen LogP contribution in [0.2, 0.25) is 0 Å². The number of aromatic nitrogens is 1. The summed E-state index contributed by atoms with van der Waals surface area (Å²) < 4.78 is 16.4. The highest BCUT2D eigenvalue weighted by atomic mass is 16.5. The first-order valence-corrected chi connectivity index (χ1v) is 7.37. The van der Waals surface area contributed by atoms with Gasteiger partial charge in [0.2, 0.25) is 5.88 Å². The Kier molecular flexibility index (Phi) is 4.61. The second-order valence-electron chi connectivity index (χ2n) is 5.15. The monoisotopic (exact) mass is 314 g/mol. The van der Waals surface area contributed by atoms with E-state index < -0.39 is 0 Å². The highest BCUT2D eigenvalue weighted by Gasteiger charge is 2.32. The van der Waals surface area contributed by atoms with Gasteiger partial charge in [0.05, 0.1) is 20.2 Å². The number of likely N-dealkylation sites (tertiary alicyclic amines) is 1. The van der Waals surface area contributed by atoms with Gasteiger partial charge in [0.1, 0.15) is 6.10 Å². The minimum Gasteiger partial charge on any atom is -0.493 e. The van der Waals surface area contributed by atoms with Gasteiger partial charge in [0, 0.05) is 12.3 Å². The fourth-order valence-corrected chi connectivity index (χ4v) is 2.27. The Hall–Kier alpha value is -2.76. The maximum atomic E-state index is 12.1. The molecule has 0 N–H and O–H groups in total. The molecule has 2 aromatic rings. The Labute approximate surface area is 134 Å². The van der Waals surface area contributed by atoms with Crippen LogP contribution < -0.4 is 14.2 Å². The standard InChI is InChI=1S/C17H18N2O4/c1-21-14-6-2-3-7-15(14)22-12-17(20)19-10-13(11-19)23-16-8-4-5-9-18-16/h2-9,13H,10-12H2,1H3. The lowest BCUT2D eigenvalue weighted by Gasteiger charge is -2.38. The molecule has 1 saturated heterocycles. The van der Waals surface area contributed by atoms with Gasteiger partial charge in [-0.3, -0.25) is 4.79 Å². The molecule has 0 radical (unpaired) electrons. The number of nitrogens with zero attached hydrogens (tertiary/aromatic N) is 2. The Morgan fingerprint density at radius 2 is 1.91 bits per heavy atom. The molecule has 1 aromatic carbocycles. The van der Waals surface area contributed by atoms with Crippen molar-refractivity contribution in [3.8, 4) is 17.4 Å². The van der Waals surface area contributed by atoms with Crippen molar-refractivity contribution in [1.82, 2.24) is 9.88 Å². The van der Waals surface area contributed by atoms with Crippen LogP contribution in [0.3, 0.4) is 0 Å². The number of amides is 1. The number of hydrogen-bond acceptors (Lipinski definition) is 5. The first kappa shape index (κ1) is 15.1. The summed E-state index contributed by atoms with van der Waals surface area (Å²) in [6.45, 7) is 1.08. The Balaban J connectivity index is 1.44. The van der Waals surface area contributed by atoms with Crippen molar-refractivity contribution in [1.29, 1.82) is 0 Å². The fourth-order valence-electron chi connectivity index (χ4n) is 2.27. The van der Waals surface area contributed by atoms with Gasteiger partial charge >= 0.3 is 0 Å². The van der Waals surface area contributed by atoms with Crippen LogP contribution in [0.4, 0.5) is 0 Å². The van der Waals surface area contributed by atoms with E-state index in [4.69, 9.17) is 14.2 Å². The molecule has 6 nitrogen and oxygen atoms in total. The predicted molar refractivity (Wildman–Crippen MR) is 83.7 cm³/mol. The maximum absolute atomic E-state index is 12.1. The molecule has 1 aromatic heterocycles. The van der Waals surface area contributed by atoms with Gasteiger partial charge < -0.3 is 19.1 Å². The van der Waals surface area contributed by atoms with E-state index in [2.05, 4.69) is 4.98 Å². The van der Waals surface area contributed by atoms with Crippen molar-refractivity contribution in [3.63, 3.8) is 0 Å². The van der Waals surface area contributed by atoms with E-state index in [1.54, 1.807) is 36.4 Å². The number of ether oxygens (including phenoxy) is 3. The van der Waals surface area contributed by atoms with Crippen molar-refractivity contribution in [3.05, 3.63) is 48.7 Å². The molecular weight excluding hydrogens is 296 g/mol. The van der Waals surface area contributed by atoms with Crippen LogP contribution >= 0.6 is 0 Å². The molecule has 1 fully saturated rings. The molecule has 1 amide bonds. The number of para-hydroxylation sites is 2. The van der Waals surface area contributed by atoms with E-state index in [9.17, 15) is 4.79 Å². The van der Waals surface area contributed by atoms with Crippen molar-refractivity contribution in [2.24, 2.45) is 0 Å². The normalized spacial score (nSPS) is 14.0. The largest absolute Gasteiger partial charge is 0.493 e. The quantitative estimate of drug-likeness (QED) is 0.813. The molecule has 6 heteroatoms. The molecule has 0 spiro atoms. The van der Waals surface area contributed by atoms with E-state index in [-0.39, 0.29) is 18.6 Å². The Morgan fingerprint density at radius 1 is 1.17 bits per heavy atom. The molecule has 0 aliphatic carbocycles. The Morgan fingerprint density at radius 3 is 2.61 bits per heavy atom. The van der Waals surface area contributed by atoms with Crippen LogP contribution in [-0.4, -0.2) is 48.7 Å². The zero-order valence-electron chi connectivity index (χ0n) is 12.8. The lowest BCUT2D eigenvalue weighted by atomic mass is 10.1. The third-order valence-electron chi connectivity index (χ3n) is 3.55. The number of hydrogen-bond donors (Lipinski definition) is 0. The molecule has 0 atom stereocenters. The van der Waals surface area contributed by atoms with E-state index in [1.807, 2.05) is 24.3 Å². The van der Waals surface area contributed by atoms with Crippen molar-refractivity contribution < 1.29 is 19.0 Å². The second-order valence-corrected chi connectivity index (χ2v) is 5.15. The van der Waals surface area contributed by atoms with Gasteiger partial charge in [0.25, 0.3) is 5.91 Å². The molecule has 1 aliphatic rings. The average Bonchev–Trinajstić information content (AvgIpc) is 2.56. The highest BCUT2D eigenvalue weighted by molar-refractivity contribution is 5.78. The van der Waals surface area contributed by atoms with Gasteiger partial charge in [-0.05, 0) is 18.2 Å². The van der Waals surface area contributed by atoms with Crippen molar-refractivity contribution >= 4 is 5.91 Å². The molecule has 120 valence electrons. The van der Waals surface area contributed by atoms with Crippen LogP contribution in [0, 0.1) is 0 Å². The third kappa shape index (κ3) is 3.71.